The molecular weight excluding hydrogens is 204 g/mol. The molecule has 0 saturated heterocycles. The zero-order valence-corrected chi connectivity index (χ0v) is 8.32. The number of hydrogen-bond acceptors (Lipinski definition) is 3. The zero-order valence-electron chi connectivity index (χ0n) is 8.32. The van der Waals surface area contributed by atoms with E-state index in [0.29, 0.717) is 16.6 Å². The number of phenols is 2. The molecule has 2 aliphatic carbocycles. The molecular formula is C13H8O3. The smallest absolute Gasteiger partial charge is 0.177 e. The van der Waals surface area contributed by atoms with Crippen molar-refractivity contribution in [3.8, 4) is 11.5 Å². The van der Waals surface area contributed by atoms with E-state index < -0.39 is 0 Å². The third-order valence-corrected chi connectivity index (χ3v) is 3.26. The fourth-order valence-corrected chi connectivity index (χ4v) is 2.45. The molecule has 2 N–H and O–H groups in total. The van der Waals surface area contributed by atoms with E-state index in [1.165, 1.54) is 0 Å². The molecule has 0 spiro atoms. The first kappa shape index (κ1) is 8.05. The van der Waals surface area contributed by atoms with Crippen LogP contribution in [0.15, 0.2) is 28.7 Å². The quantitative estimate of drug-likeness (QED) is 0.471. The summed E-state index contributed by atoms with van der Waals surface area (Å²) in [5.74, 6) is 0.409. The van der Waals surface area contributed by atoms with Gasteiger partial charge in [-0.15, -0.1) is 0 Å². The fraction of sp³-hybridized carbons (Fsp3) is 0.0769. The number of furan rings is 1. The summed E-state index contributed by atoms with van der Waals surface area (Å²) < 4.78 is 5.58. The van der Waals surface area contributed by atoms with E-state index in [1.54, 1.807) is 18.2 Å². The van der Waals surface area contributed by atoms with Crippen LogP contribution in [0.4, 0.5) is 0 Å². The molecule has 0 saturated carbocycles. The Kier molecular flexibility index (Phi) is 1.17. The van der Waals surface area contributed by atoms with Crippen molar-refractivity contribution in [2.24, 2.45) is 0 Å². The van der Waals surface area contributed by atoms with Gasteiger partial charge in [-0.3, -0.25) is 0 Å². The Morgan fingerprint density at radius 2 is 1.88 bits per heavy atom. The molecule has 3 aromatic rings. The van der Waals surface area contributed by atoms with Crippen LogP contribution in [0.5, 0.6) is 11.5 Å². The van der Waals surface area contributed by atoms with Gasteiger partial charge in [0.15, 0.2) is 11.3 Å². The van der Waals surface area contributed by atoms with Gasteiger partial charge in [-0.05, 0) is 17.7 Å². The highest BCUT2D eigenvalue weighted by Gasteiger charge is 2.25. The second-order valence-corrected chi connectivity index (χ2v) is 4.18. The Hall–Kier alpha value is -2.16. The molecule has 2 aromatic carbocycles. The molecule has 1 aromatic heterocycles. The van der Waals surface area contributed by atoms with Crippen LogP contribution >= 0.6 is 0 Å². The molecule has 1 heterocycles. The molecule has 3 heteroatoms. The summed E-state index contributed by atoms with van der Waals surface area (Å²) in [7, 11) is 0. The molecule has 0 amide bonds. The Bertz CT molecular complexity index is 753. The molecule has 0 radical (unpaired) electrons. The lowest BCUT2D eigenvalue weighted by Gasteiger charge is -2.17. The van der Waals surface area contributed by atoms with Crippen LogP contribution in [-0.4, -0.2) is 10.2 Å². The lowest BCUT2D eigenvalue weighted by atomic mass is 9.87. The highest BCUT2D eigenvalue weighted by atomic mass is 16.4. The van der Waals surface area contributed by atoms with E-state index >= 15 is 0 Å². The van der Waals surface area contributed by atoms with Crippen LogP contribution in [0.2, 0.25) is 0 Å². The third kappa shape index (κ3) is 0.724. The summed E-state index contributed by atoms with van der Waals surface area (Å²) >= 11 is 0. The van der Waals surface area contributed by atoms with Crippen LogP contribution in [0.25, 0.3) is 21.9 Å². The standard InChI is InChI=1S/C13H8O3/c14-8-2-1-3-9-11(8)10-6-4-7(5-6)12(15)13(10)16-9/h1-4,14-15H,5H2. The average Bonchev–Trinajstić information content (AvgIpc) is 2.57. The molecule has 3 nitrogen and oxygen atoms in total. The van der Waals surface area contributed by atoms with Crippen LogP contribution in [0.3, 0.4) is 0 Å². The monoisotopic (exact) mass is 212 g/mol. The predicted octanol–water partition coefficient (Wildman–Crippen LogP) is 2.90. The second kappa shape index (κ2) is 2.32. The van der Waals surface area contributed by atoms with E-state index in [2.05, 4.69) is 0 Å². The Labute approximate surface area is 90.5 Å². The number of fused-ring (bicyclic) bond motifs is 1. The van der Waals surface area contributed by atoms with Crippen molar-refractivity contribution < 1.29 is 14.6 Å². The Morgan fingerprint density at radius 3 is 2.69 bits per heavy atom. The number of hydrogen-bond donors (Lipinski definition) is 2. The van der Waals surface area contributed by atoms with Crippen molar-refractivity contribution in [3.63, 3.8) is 0 Å². The van der Waals surface area contributed by atoms with Crippen LogP contribution in [0.1, 0.15) is 11.1 Å². The lowest BCUT2D eigenvalue weighted by molar-refractivity contribution is 0.460. The summed E-state index contributed by atoms with van der Waals surface area (Å²) in [6.45, 7) is 0. The van der Waals surface area contributed by atoms with E-state index in [1.807, 2.05) is 6.07 Å². The van der Waals surface area contributed by atoms with Crippen molar-refractivity contribution in [2.45, 2.75) is 6.42 Å². The fourth-order valence-electron chi connectivity index (χ4n) is 2.45. The summed E-state index contributed by atoms with van der Waals surface area (Å²) in [5, 5.41) is 21.3. The first-order chi connectivity index (χ1) is 7.75. The minimum atomic E-state index is 0.201. The molecule has 2 bridgehead atoms. The van der Waals surface area contributed by atoms with Gasteiger partial charge in [0.25, 0.3) is 0 Å². The largest absolute Gasteiger partial charge is 0.507 e. The van der Waals surface area contributed by atoms with Gasteiger partial charge < -0.3 is 14.6 Å². The van der Waals surface area contributed by atoms with Crippen molar-refractivity contribution in [3.05, 3.63) is 35.4 Å². The molecule has 16 heavy (non-hydrogen) atoms. The summed E-state index contributed by atoms with van der Waals surface area (Å²) in [6.07, 6.45) is 0.766. The third-order valence-electron chi connectivity index (χ3n) is 3.26. The van der Waals surface area contributed by atoms with Crippen molar-refractivity contribution in [1.82, 2.24) is 0 Å². The van der Waals surface area contributed by atoms with Crippen molar-refractivity contribution >= 4 is 21.9 Å². The Morgan fingerprint density at radius 1 is 1.06 bits per heavy atom. The lowest BCUT2D eigenvalue weighted by Crippen LogP contribution is -2.01. The molecule has 2 aliphatic rings. The molecule has 0 aliphatic heterocycles. The van der Waals surface area contributed by atoms with Gasteiger partial charge in [-0.2, -0.15) is 0 Å². The second-order valence-electron chi connectivity index (χ2n) is 4.18. The van der Waals surface area contributed by atoms with Crippen LogP contribution in [-0.2, 0) is 6.42 Å². The Balaban J connectivity index is 2.39. The maximum atomic E-state index is 9.92. The maximum absolute atomic E-state index is 9.92. The molecule has 78 valence electrons. The highest BCUT2D eigenvalue weighted by molar-refractivity contribution is 6.13. The molecule has 5 rings (SSSR count). The first-order valence-corrected chi connectivity index (χ1v) is 5.13. The van der Waals surface area contributed by atoms with E-state index in [0.717, 1.165) is 22.9 Å². The minimum absolute atomic E-state index is 0.201. The number of phenolic OH excluding ortho intramolecular Hbond substituents is 2. The van der Waals surface area contributed by atoms with Crippen molar-refractivity contribution in [2.75, 3.05) is 0 Å². The number of rotatable bonds is 0. The van der Waals surface area contributed by atoms with Gasteiger partial charge in [-0.25, -0.2) is 0 Å². The predicted molar refractivity (Wildman–Crippen MR) is 59.9 cm³/mol. The number of aromatic hydroxyl groups is 2. The van der Waals surface area contributed by atoms with Gasteiger partial charge in [0.05, 0.1) is 5.39 Å². The maximum Gasteiger partial charge on any atom is 0.177 e. The van der Waals surface area contributed by atoms with E-state index in [9.17, 15) is 10.2 Å². The zero-order chi connectivity index (χ0) is 10.9. The first-order valence-electron chi connectivity index (χ1n) is 5.13. The van der Waals surface area contributed by atoms with Crippen LogP contribution in [0, 0.1) is 0 Å². The molecule has 0 atom stereocenters. The van der Waals surface area contributed by atoms with Crippen molar-refractivity contribution in [1.29, 1.82) is 0 Å². The van der Waals surface area contributed by atoms with Gasteiger partial charge in [-0.1, -0.05) is 12.1 Å². The van der Waals surface area contributed by atoms with Gasteiger partial charge in [0.2, 0.25) is 0 Å². The highest BCUT2D eigenvalue weighted by Crippen LogP contribution is 2.47. The van der Waals surface area contributed by atoms with Gasteiger partial charge in [0, 0.05) is 17.4 Å². The van der Waals surface area contributed by atoms with E-state index in [-0.39, 0.29) is 11.5 Å². The summed E-state index contributed by atoms with van der Waals surface area (Å²) in [6, 6.07) is 7.10. The summed E-state index contributed by atoms with van der Waals surface area (Å²) in [5.41, 5.74) is 3.16. The van der Waals surface area contributed by atoms with Crippen LogP contribution < -0.4 is 0 Å². The van der Waals surface area contributed by atoms with Gasteiger partial charge in [0.1, 0.15) is 11.3 Å². The molecule has 0 fully saturated rings. The average molecular weight is 212 g/mol. The minimum Gasteiger partial charge on any atom is -0.507 e. The molecule has 0 unspecified atom stereocenters. The summed E-state index contributed by atoms with van der Waals surface area (Å²) in [4.78, 5) is 0. The number of benzene rings is 2. The SMILES string of the molecule is Oc1c2cc(c3c1oc1cccc(O)c13)C2. The van der Waals surface area contributed by atoms with Gasteiger partial charge >= 0.3 is 0 Å². The topological polar surface area (TPSA) is 53.6 Å². The van der Waals surface area contributed by atoms with E-state index in [4.69, 9.17) is 4.42 Å². The normalized spacial score (nSPS) is 13.2.